The second-order valence-electron chi connectivity index (χ2n) is 7.83. The van der Waals surface area contributed by atoms with Crippen LogP contribution in [-0.2, 0) is 9.59 Å². The molecule has 2 unspecified atom stereocenters. The van der Waals surface area contributed by atoms with Crippen molar-refractivity contribution in [3.05, 3.63) is 0 Å². The van der Waals surface area contributed by atoms with E-state index in [0.717, 1.165) is 25.9 Å². The van der Waals surface area contributed by atoms with Gasteiger partial charge in [-0.1, -0.05) is 19.8 Å². The Morgan fingerprint density at radius 2 is 1.83 bits per heavy atom. The molecule has 0 aromatic heterocycles. The number of carbonyl (C=O) groups excluding carboxylic acids is 2. The highest BCUT2D eigenvalue weighted by Crippen LogP contribution is 2.23. The molecule has 23 heavy (non-hydrogen) atoms. The lowest BCUT2D eigenvalue weighted by atomic mass is 9.87. The van der Waals surface area contributed by atoms with Gasteiger partial charge in [-0.05, 0) is 32.6 Å². The van der Waals surface area contributed by atoms with Gasteiger partial charge in [0.05, 0.1) is 12.1 Å². The van der Waals surface area contributed by atoms with Crippen molar-refractivity contribution in [2.24, 2.45) is 11.7 Å². The number of carbonyl (C=O) groups is 2. The highest BCUT2D eigenvalue weighted by Gasteiger charge is 2.30. The summed E-state index contributed by atoms with van der Waals surface area (Å²) in [6, 6.07) is 0.340. The average Bonchev–Trinajstić information content (AvgIpc) is 2.46. The Morgan fingerprint density at radius 1 is 1.17 bits per heavy atom. The normalized spacial score (nSPS) is 26.9. The molecule has 0 aromatic carbocycles. The smallest absolute Gasteiger partial charge is 0.242 e. The molecule has 2 aliphatic rings. The number of hydrogen-bond donors (Lipinski definition) is 2. The maximum absolute atomic E-state index is 12.2. The average molecular weight is 324 g/mol. The lowest BCUT2D eigenvalue weighted by molar-refractivity contribution is -0.137. The molecule has 1 heterocycles. The summed E-state index contributed by atoms with van der Waals surface area (Å²) in [6.07, 6.45) is 4.69. The van der Waals surface area contributed by atoms with E-state index in [-0.39, 0.29) is 11.8 Å². The van der Waals surface area contributed by atoms with Crippen LogP contribution in [0.3, 0.4) is 0 Å². The van der Waals surface area contributed by atoms with Gasteiger partial charge in [-0.3, -0.25) is 14.5 Å². The number of piperazine rings is 1. The minimum Gasteiger partial charge on any atom is -0.352 e. The van der Waals surface area contributed by atoms with Gasteiger partial charge in [-0.25, -0.2) is 0 Å². The van der Waals surface area contributed by atoms with Crippen LogP contribution < -0.4 is 11.1 Å². The molecule has 132 valence electrons. The van der Waals surface area contributed by atoms with Crippen LogP contribution in [0.15, 0.2) is 0 Å². The standard InChI is InChI=1S/C17H32N4O2/c1-13-5-4-6-14(11-13)19-15(22)12-20-7-9-21(10-8-20)16(23)17(2,3)18/h13-14H,4-12,18H2,1-3H3,(H,19,22). The monoisotopic (exact) mass is 324 g/mol. The van der Waals surface area contributed by atoms with E-state index in [4.69, 9.17) is 5.73 Å². The van der Waals surface area contributed by atoms with Gasteiger partial charge in [0.2, 0.25) is 11.8 Å². The van der Waals surface area contributed by atoms with Gasteiger partial charge < -0.3 is 16.0 Å². The van der Waals surface area contributed by atoms with E-state index in [0.29, 0.717) is 31.6 Å². The molecule has 3 N–H and O–H groups in total. The third-order valence-corrected chi connectivity index (χ3v) is 4.88. The predicted octanol–water partition coefficient (Wildman–Crippen LogP) is 0.563. The van der Waals surface area contributed by atoms with Gasteiger partial charge in [0.1, 0.15) is 0 Å². The van der Waals surface area contributed by atoms with Crippen LogP contribution in [0, 0.1) is 5.92 Å². The summed E-state index contributed by atoms with van der Waals surface area (Å²) in [5, 5.41) is 3.17. The Hall–Kier alpha value is -1.14. The Kier molecular flexibility index (Phi) is 6.03. The molecule has 1 aliphatic carbocycles. The molecule has 2 fully saturated rings. The molecule has 6 heteroatoms. The van der Waals surface area contributed by atoms with Crippen molar-refractivity contribution in [3.8, 4) is 0 Å². The lowest BCUT2D eigenvalue weighted by Gasteiger charge is -2.37. The number of nitrogens with two attached hydrogens (primary N) is 1. The van der Waals surface area contributed by atoms with Gasteiger partial charge in [-0.15, -0.1) is 0 Å². The first-order valence-electron chi connectivity index (χ1n) is 8.85. The Bertz CT molecular complexity index is 425. The maximum Gasteiger partial charge on any atom is 0.242 e. The zero-order chi connectivity index (χ0) is 17.0. The van der Waals surface area contributed by atoms with Gasteiger partial charge in [0.25, 0.3) is 0 Å². The van der Waals surface area contributed by atoms with Crippen molar-refractivity contribution in [1.82, 2.24) is 15.1 Å². The van der Waals surface area contributed by atoms with E-state index in [2.05, 4.69) is 17.1 Å². The molecular formula is C17H32N4O2. The molecule has 0 bridgehead atoms. The zero-order valence-electron chi connectivity index (χ0n) is 14.8. The molecule has 1 aliphatic heterocycles. The van der Waals surface area contributed by atoms with Crippen molar-refractivity contribution in [2.45, 2.75) is 58.0 Å². The summed E-state index contributed by atoms with van der Waals surface area (Å²) >= 11 is 0. The molecule has 0 aromatic rings. The number of rotatable bonds is 4. The Morgan fingerprint density at radius 3 is 2.39 bits per heavy atom. The second-order valence-corrected chi connectivity index (χ2v) is 7.83. The van der Waals surface area contributed by atoms with Gasteiger partial charge in [0.15, 0.2) is 0 Å². The molecule has 1 saturated carbocycles. The van der Waals surface area contributed by atoms with Crippen molar-refractivity contribution < 1.29 is 9.59 Å². The van der Waals surface area contributed by atoms with E-state index in [1.54, 1.807) is 18.7 Å². The molecule has 0 spiro atoms. The zero-order valence-corrected chi connectivity index (χ0v) is 14.8. The van der Waals surface area contributed by atoms with Gasteiger partial charge in [0, 0.05) is 32.2 Å². The summed E-state index contributed by atoms with van der Waals surface area (Å²) in [6.45, 7) is 8.92. The van der Waals surface area contributed by atoms with Crippen molar-refractivity contribution in [1.29, 1.82) is 0 Å². The molecule has 0 radical (unpaired) electrons. The molecule has 6 nitrogen and oxygen atoms in total. The third kappa shape index (κ3) is 5.46. The minimum atomic E-state index is -0.822. The van der Waals surface area contributed by atoms with Crippen LogP contribution in [0.1, 0.15) is 46.5 Å². The van der Waals surface area contributed by atoms with Crippen LogP contribution in [0.5, 0.6) is 0 Å². The van der Waals surface area contributed by atoms with Crippen LogP contribution in [0.25, 0.3) is 0 Å². The highest BCUT2D eigenvalue weighted by molar-refractivity contribution is 5.85. The Labute approximate surface area is 139 Å². The van der Waals surface area contributed by atoms with Crippen molar-refractivity contribution in [2.75, 3.05) is 32.7 Å². The SMILES string of the molecule is CC1CCCC(NC(=O)CN2CCN(C(=O)C(C)(C)N)CC2)C1. The predicted molar refractivity (Wildman–Crippen MR) is 90.8 cm³/mol. The van der Waals surface area contributed by atoms with E-state index in [9.17, 15) is 9.59 Å². The largest absolute Gasteiger partial charge is 0.352 e. The lowest BCUT2D eigenvalue weighted by Crippen LogP contribution is -2.58. The van der Waals surface area contributed by atoms with Crippen LogP contribution in [-0.4, -0.2) is 65.9 Å². The number of nitrogens with one attached hydrogen (secondary N) is 1. The number of nitrogens with zero attached hydrogens (tertiary/aromatic N) is 2. The maximum atomic E-state index is 12.2. The summed E-state index contributed by atoms with van der Waals surface area (Å²) in [4.78, 5) is 28.3. The fraction of sp³-hybridized carbons (Fsp3) is 0.882. The summed E-state index contributed by atoms with van der Waals surface area (Å²) in [5.41, 5.74) is 5.05. The number of hydrogen-bond acceptors (Lipinski definition) is 4. The van der Waals surface area contributed by atoms with Crippen molar-refractivity contribution in [3.63, 3.8) is 0 Å². The van der Waals surface area contributed by atoms with Gasteiger partial charge in [-0.2, -0.15) is 0 Å². The summed E-state index contributed by atoms with van der Waals surface area (Å²) in [7, 11) is 0. The van der Waals surface area contributed by atoms with Crippen LogP contribution >= 0.6 is 0 Å². The van der Waals surface area contributed by atoms with Crippen molar-refractivity contribution >= 4 is 11.8 Å². The first-order chi connectivity index (χ1) is 10.8. The summed E-state index contributed by atoms with van der Waals surface area (Å²) < 4.78 is 0. The second kappa shape index (κ2) is 7.62. The molecule has 2 amide bonds. The van der Waals surface area contributed by atoms with E-state index < -0.39 is 5.54 Å². The van der Waals surface area contributed by atoms with E-state index in [1.165, 1.54) is 12.8 Å². The third-order valence-electron chi connectivity index (χ3n) is 4.88. The van der Waals surface area contributed by atoms with Crippen LogP contribution in [0.4, 0.5) is 0 Å². The first-order valence-corrected chi connectivity index (χ1v) is 8.85. The molecule has 2 atom stereocenters. The quantitative estimate of drug-likeness (QED) is 0.792. The van der Waals surface area contributed by atoms with E-state index >= 15 is 0 Å². The highest BCUT2D eigenvalue weighted by atomic mass is 16.2. The molecule has 2 rings (SSSR count). The Balaban J connectivity index is 1.71. The number of amides is 2. The van der Waals surface area contributed by atoms with Crippen LogP contribution in [0.2, 0.25) is 0 Å². The van der Waals surface area contributed by atoms with Gasteiger partial charge >= 0.3 is 0 Å². The fourth-order valence-corrected chi connectivity index (χ4v) is 3.56. The van der Waals surface area contributed by atoms with E-state index in [1.807, 2.05) is 0 Å². The minimum absolute atomic E-state index is 0.0159. The molecule has 1 saturated heterocycles. The first kappa shape index (κ1) is 18.2. The summed E-state index contributed by atoms with van der Waals surface area (Å²) in [5.74, 6) is 0.809. The topological polar surface area (TPSA) is 78.7 Å². The fourth-order valence-electron chi connectivity index (χ4n) is 3.56. The molecular weight excluding hydrogens is 292 g/mol.